The van der Waals surface area contributed by atoms with Crippen molar-refractivity contribution >= 4 is 17.6 Å². The van der Waals surface area contributed by atoms with Crippen molar-refractivity contribution in [3.05, 3.63) is 42.0 Å². The van der Waals surface area contributed by atoms with Crippen LogP contribution in [0.3, 0.4) is 0 Å². The molecule has 6 atom stereocenters. The van der Waals surface area contributed by atoms with Gasteiger partial charge in [0.15, 0.2) is 0 Å². The molecule has 26 heavy (non-hydrogen) atoms. The van der Waals surface area contributed by atoms with Crippen LogP contribution in [0.5, 0.6) is 0 Å². The first-order valence-corrected chi connectivity index (χ1v) is 9.22. The van der Waals surface area contributed by atoms with Gasteiger partial charge in [0.1, 0.15) is 11.5 Å². The molecular formula is C20H22N2O4. The van der Waals surface area contributed by atoms with Crippen LogP contribution >= 0.6 is 0 Å². The second kappa shape index (κ2) is 5.18. The van der Waals surface area contributed by atoms with Gasteiger partial charge in [-0.15, -0.1) is 0 Å². The third-order valence-electron chi connectivity index (χ3n) is 6.74. The highest BCUT2D eigenvalue weighted by Crippen LogP contribution is 2.59. The second-order valence-electron chi connectivity index (χ2n) is 7.74. The smallest absolute Gasteiger partial charge is 0.310 e. The van der Waals surface area contributed by atoms with E-state index in [0.717, 1.165) is 24.2 Å². The van der Waals surface area contributed by atoms with Crippen LogP contribution in [0.2, 0.25) is 0 Å². The topological polar surface area (TPSA) is 70.1 Å². The Kier molecular flexibility index (Phi) is 3.19. The Balaban J connectivity index is 1.67. The fraction of sp³-hybridized carbons (Fsp3) is 0.500. The van der Waals surface area contributed by atoms with Gasteiger partial charge >= 0.3 is 5.97 Å². The zero-order valence-corrected chi connectivity index (χ0v) is 14.8. The number of rotatable bonds is 3. The van der Waals surface area contributed by atoms with Gasteiger partial charge in [0, 0.05) is 11.7 Å². The number of carboxylic acid groups (broad SMARTS) is 1. The van der Waals surface area contributed by atoms with Crippen molar-refractivity contribution in [3.8, 4) is 0 Å². The van der Waals surface area contributed by atoms with E-state index in [2.05, 4.69) is 24.9 Å². The lowest BCUT2D eigenvalue weighted by Gasteiger charge is -2.43. The number of anilines is 1. The number of para-hydroxylation sites is 1. The number of hydrogen-bond donors (Lipinski definition) is 1. The maximum Gasteiger partial charge on any atom is 0.310 e. The molecule has 136 valence electrons. The van der Waals surface area contributed by atoms with Crippen LogP contribution in [-0.4, -0.2) is 53.2 Å². The third-order valence-corrected chi connectivity index (χ3v) is 6.74. The Bertz CT molecular complexity index is 837. The summed E-state index contributed by atoms with van der Waals surface area (Å²) < 4.78 is 6.20. The predicted octanol–water partition coefficient (Wildman–Crippen LogP) is 1.82. The molecule has 2 bridgehead atoms. The quantitative estimate of drug-likeness (QED) is 0.839. The van der Waals surface area contributed by atoms with Crippen molar-refractivity contribution in [2.24, 2.45) is 11.8 Å². The summed E-state index contributed by atoms with van der Waals surface area (Å²) in [5.74, 6) is -2.50. The fourth-order valence-electron chi connectivity index (χ4n) is 5.47. The number of ether oxygens (including phenoxy) is 1. The molecule has 1 N–H and O–H groups in total. The molecular weight excluding hydrogens is 332 g/mol. The lowest BCUT2D eigenvalue weighted by molar-refractivity contribution is -0.146. The number of hydrogen-bond acceptors (Lipinski definition) is 4. The number of aliphatic carboxylic acids is 1. The van der Waals surface area contributed by atoms with E-state index in [0.29, 0.717) is 0 Å². The molecule has 6 nitrogen and oxygen atoms in total. The minimum atomic E-state index is -0.949. The lowest BCUT2D eigenvalue weighted by atomic mass is 9.73. The largest absolute Gasteiger partial charge is 0.481 e. The monoisotopic (exact) mass is 354 g/mol. The Morgan fingerprint density at radius 2 is 2.19 bits per heavy atom. The van der Waals surface area contributed by atoms with E-state index in [1.807, 2.05) is 35.3 Å². The molecule has 2 saturated heterocycles. The van der Waals surface area contributed by atoms with E-state index in [1.54, 1.807) is 0 Å². The molecule has 1 amide bonds. The van der Waals surface area contributed by atoms with E-state index in [4.69, 9.17) is 4.74 Å². The molecule has 1 aromatic carbocycles. The SMILES string of the molecule is CCN(C)[C@H]1C[C@@H]2N(C(=O)[C@@H]3[C@H](C(=O)O)[C@H]4C=C[C@]32O4)c2ccccc21. The van der Waals surface area contributed by atoms with Gasteiger partial charge in [-0.25, -0.2) is 0 Å². The van der Waals surface area contributed by atoms with Gasteiger partial charge in [0.2, 0.25) is 5.91 Å². The van der Waals surface area contributed by atoms with Crippen molar-refractivity contribution in [1.82, 2.24) is 4.90 Å². The zero-order chi connectivity index (χ0) is 18.2. The number of nitrogens with zero attached hydrogens (tertiary/aromatic N) is 2. The van der Waals surface area contributed by atoms with Crippen LogP contribution in [0.15, 0.2) is 36.4 Å². The van der Waals surface area contributed by atoms with E-state index in [1.165, 1.54) is 0 Å². The minimum absolute atomic E-state index is 0.112. The number of carbonyl (C=O) groups is 2. The minimum Gasteiger partial charge on any atom is -0.481 e. The van der Waals surface area contributed by atoms with Gasteiger partial charge < -0.3 is 14.7 Å². The second-order valence-corrected chi connectivity index (χ2v) is 7.74. The number of fused-ring (bicyclic) bond motifs is 4. The number of carboxylic acids is 1. The van der Waals surface area contributed by atoms with Gasteiger partial charge in [-0.05, 0) is 31.6 Å². The molecule has 0 aromatic heterocycles. The first kappa shape index (κ1) is 16.0. The van der Waals surface area contributed by atoms with Gasteiger partial charge in [0.25, 0.3) is 0 Å². The molecule has 0 saturated carbocycles. The van der Waals surface area contributed by atoms with Gasteiger partial charge in [0.05, 0.1) is 18.1 Å². The van der Waals surface area contributed by atoms with Gasteiger partial charge in [-0.2, -0.15) is 0 Å². The highest BCUT2D eigenvalue weighted by atomic mass is 16.5. The molecule has 6 heteroatoms. The summed E-state index contributed by atoms with van der Waals surface area (Å²) >= 11 is 0. The van der Waals surface area contributed by atoms with Crippen molar-refractivity contribution < 1.29 is 19.4 Å². The Hall–Kier alpha value is -2.18. The first-order chi connectivity index (χ1) is 12.5. The van der Waals surface area contributed by atoms with E-state index < -0.39 is 29.5 Å². The molecule has 1 spiro atoms. The summed E-state index contributed by atoms with van der Waals surface area (Å²) in [7, 11) is 2.09. The molecule has 4 heterocycles. The van der Waals surface area contributed by atoms with Crippen LogP contribution in [0.4, 0.5) is 5.69 Å². The number of carbonyl (C=O) groups excluding carboxylic acids is 1. The summed E-state index contributed by atoms with van der Waals surface area (Å²) in [6.45, 7) is 3.01. The summed E-state index contributed by atoms with van der Waals surface area (Å²) in [4.78, 5) is 29.3. The van der Waals surface area contributed by atoms with Crippen molar-refractivity contribution in [1.29, 1.82) is 0 Å². The summed E-state index contributed by atoms with van der Waals surface area (Å²) in [6.07, 6.45) is 4.04. The van der Waals surface area contributed by atoms with E-state index in [9.17, 15) is 14.7 Å². The standard InChI is InChI=1S/C20H22N2O4/c1-3-21(2)13-10-15-20-9-8-14(26-20)16(19(24)25)17(20)18(23)22(15)12-7-5-4-6-11(12)13/h4-9,13-17H,3,10H2,1-2H3,(H,24,25)/t13-,14+,15-,16+,17-,20+/m0/s1. The molecule has 4 aliphatic rings. The molecule has 0 aliphatic carbocycles. The maximum absolute atomic E-state index is 13.4. The molecule has 0 unspecified atom stereocenters. The van der Waals surface area contributed by atoms with Crippen LogP contribution in [0.25, 0.3) is 0 Å². The van der Waals surface area contributed by atoms with Gasteiger partial charge in [-0.3, -0.25) is 14.5 Å². The van der Waals surface area contributed by atoms with E-state index in [-0.39, 0.29) is 18.0 Å². The number of amides is 1. The summed E-state index contributed by atoms with van der Waals surface area (Å²) in [6, 6.07) is 7.99. The van der Waals surface area contributed by atoms with Gasteiger partial charge in [-0.1, -0.05) is 37.3 Å². The highest BCUT2D eigenvalue weighted by Gasteiger charge is 2.72. The van der Waals surface area contributed by atoms with Crippen LogP contribution < -0.4 is 4.90 Å². The van der Waals surface area contributed by atoms with Crippen molar-refractivity contribution in [2.45, 2.75) is 37.1 Å². The normalized spacial score (nSPS) is 39.3. The lowest BCUT2D eigenvalue weighted by Crippen LogP contribution is -2.50. The maximum atomic E-state index is 13.4. The zero-order valence-electron chi connectivity index (χ0n) is 14.8. The average Bonchev–Trinajstić information content (AvgIpc) is 3.29. The fourth-order valence-corrected chi connectivity index (χ4v) is 5.47. The third kappa shape index (κ3) is 1.74. The van der Waals surface area contributed by atoms with Crippen molar-refractivity contribution in [3.63, 3.8) is 0 Å². The Morgan fingerprint density at radius 3 is 2.92 bits per heavy atom. The summed E-state index contributed by atoms with van der Waals surface area (Å²) in [5.41, 5.74) is 1.21. The molecule has 2 fully saturated rings. The summed E-state index contributed by atoms with van der Waals surface area (Å²) in [5, 5.41) is 9.71. The Morgan fingerprint density at radius 1 is 1.42 bits per heavy atom. The highest BCUT2D eigenvalue weighted by molar-refractivity contribution is 6.04. The average molecular weight is 354 g/mol. The van der Waals surface area contributed by atoms with Crippen LogP contribution in [-0.2, 0) is 14.3 Å². The molecule has 0 radical (unpaired) electrons. The molecule has 5 rings (SSSR count). The van der Waals surface area contributed by atoms with Crippen molar-refractivity contribution in [2.75, 3.05) is 18.5 Å². The Labute approximate surface area is 152 Å². The predicted molar refractivity (Wildman–Crippen MR) is 94.7 cm³/mol. The van der Waals surface area contributed by atoms with E-state index >= 15 is 0 Å². The number of benzene rings is 1. The van der Waals surface area contributed by atoms with Crippen LogP contribution in [0.1, 0.15) is 24.9 Å². The first-order valence-electron chi connectivity index (χ1n) is 9.22. The molecule has 1 aromatic rings. The van der Waals surface area contributed by atoms with Crippen LogP contribution in [0, 0.1) is 11.8 Å². The molecule has 4 aliphatic heterocycles.